The van der Waals surface area contributed by atoms with E-state index in [9.17, 15) is 9.18 Å². The van der Waals surface area contributed by atoms with Crippen molar-refractivity contribution in [2.45, 2.75) is 33.2 Å². The molecular formula is C16H24FNO3. The minimum atomic E-state index is -0.669. The van der Waals surface area contributed by atoms with E-state index < -0.39 is 11.8 Å². The molecule has 0 aromatic heterocycles. The Morgan fingerprint density at radius 3 is 2.71 bits per heavy atom. The lowest BCUT2D eigenvalue weighted by molar-refractivity contribution is 0.0595. The number of aliphatic hydroxyl groups is 1. The van der Waals surface area contributed by atoms with Crippen LogP contribution in [0.25, 0.3) is 0 Å². The van der Waals surface area contributed by atoms with Gasteiger partial charge in [-0.1, -0.05) is 19.9 Å². The zero-order valence-corrected chi connectivity index (χ0v) is 12.9. The first kappa shape index (κ1) is 17.6. The van der Waals surface area contributed by atoms with Crippen molar-refractivity contribution in [2.24, 2.45) is 5.41 Å². The molecule has 0 amide bonds. The van der Waals surface area contributed by atoms with E-state index in [4.69, 9.17) is 5.11 Å². The fraction of sp³-hybridized carbons (Fsp3) is 0.562. The number of hydrogen-bond acceptors (Lipinski definition) is 4. The number of methoxy groups -OCH3 is 1. The molecule has 4 nitrogen and oxygen atoms in total. The highest BCUT2D eigenvalue weighted by atomic mass is 19.1. The smallest absolute Gasteiger partial charge is 0.340 e. The number of ether oxygens (including phenoxy) is 1. The van der Waals surface area contributed by atoms with E-state index in [1.807, 2.05) is 0 Å². The number of rotatable bonds is 8. The SMILES string of the molecule is COC(=O)c1ccc(CNCC(C)(C)CCCO)cc1F. The molecule has 1 aromatic carbocycles. The summed E-state index contributed by atoms with van der Waals surface area (Å²) in [4.78, 5) is 11.3. The Morgan fingerprint density at radius 1 is 1.43 bits per heavy atom. The third-order valence-corrected chi connectivity index (χ3v) is 3.38. The van der Waals surface area contributed by atoms with Crippen molar-refractivity contribution in [1.82, 2.24) is 5.32 Å². The number of hydrogen-bond donors (Lipinski definition) is 2. The van der Waals surface area contributed by atoms with E-state index in [2.05, 4.69) is 23.9 Å². The summed E-state index contributed by atoms with van der Waals surface area (Å²) in [6.45, 7) is 5.74. The van der Waals surface area contributed by atoms with Crippen molar-refractivity contribution in [3.05, 3.63) is 35.1 Å². The van der Waals surface area contributed by atoms with Gasteiger partial charge in [0.15, 0.2) is 0 Å². The molecule has 0 fully saturated rings. The standard InChI is InChI=1S/C16H24FNO3/c1-16(2,7-4-8-19)11-18-10-12-5-6-13(14(17)9-12)15(20)21-3/h5-6,9,18-19H,4,7-8,10-11H2,1-3H3. The summed E-state index contributed by atoms with van der Waals surface area (Å²) in [7, 11) is 1.23. The molecule has 0 unspecified atom stereocenters. The van der Waals surface area contributed by atoms with Gasteiger partial charge < -0.3 is 15.2 Å². The molecule has 0 spiro atoms. The van der Waals surface area contributed by atoms with Crippen molar-refractivity contribution in [2.75, 3.05) is 20.3 Å². The van der Waals surface area contributed by atoms with E-state index >= 15 is 0 Å². The number of benzene rings is 1. The number of carbonyl (C=O) groups excluding carboxylic acids is 1. The molecule has 5 heteroatoms. The van der Waals surface area contributed by atoms with Crippen molar-refractivity contribution in [3.63, 3.8) is 0 Å². The normalized spacial score (nSPS) is 11.5. The minimum absolute atomic E-state index is 0.0514. The highest BCUT2D eigenvalue weighted by Gasteiger charge is 2.17. The number of aliphatic hydroxyl groups excluding tert-OH is 1. The summed E-state index contributed by atoms with van der Waals surface area (Å²) in [5.41, 5.74) is 0.801. The first-order chi connectivity index (χ1) is 9.89. The van der Waals surface area contributed by atoms with Crippen LogP contribution in [0, 0.1) is 11.2 Å². The van der Waals surface area contributed by atoms with E-state index in [1.54, 1.807) is 6.07 Å². The Kier molecular flexibility index (Phi) is 6.78. The molecule has 0 aliphatic heterocycles. The molecular weight excluding hydrogens is 273 g/mol. The van der Waals surface area contributed by atoms with Crippen LogP contribution in [-0.2, 0) is 11.3 Å². The molecule has 0 atom stereocenters. The summed E-state index contributed by atoms with van der Waals surface area (Å²) in [5, 5.41) is 12.1. The maximum Gasteiger partial charge on any atom is 0.340 e. The van der Waals surface area contributed by atoms with Crippen molar-refractivity contribution >= 4 is 5.97 Å². The molecule has 0 radical (unpaired) electrons. The molecule has 0 bridgehead atoms. The van der Waals surface area contributed by atoms with E-state index in [0.717, 1.165) is 24.9 Å². The maximum atomic E-state index is 13.8. The van der Waals surface area contributed by atoms with Gasteiger partial charge in [0.05, 0.1) is 12.7 Å². The van der Waals surface area contributed by atoms with E-state index in [-0.39, 0.29) is 17.6 Å². The number of halogens is 1. The van der Waals surface area contributed by atoms with Crippen LogP contribution in [0.4, 0.5) is 4.39 Å². The summed E-state index contributed by atoms with van der Waals surface area (Å²) in [6.07, 6.45) is 1.70. The number of esters is 1. The van der Waals surface area contributed by atoms with E-state index in [0.29, 0.717) is 6.54 Å². The average Bonchev–Trinajstić information content (AvgIpc) is 2.44. The Morgan fingerprint density at radius 2 is 2.14 bits per heavy atom. The molecule has 1 aromatic rings. The second-order valence-corrected chi connectivity index (χ2v) is 5.90. The molecule has 2 N–H and O–H groups in total. The number of carbonyl (C=O) groups is 1. The highest BCUT2D eigenvalue weighted by molar-refractivity contribution is 5.89. The molecule has 1 rings (SSSR count). The van der Waals surface area contributed by atoms with Gasteiger partial charge in [0.2, 0.25) is 0 Å². The van der Waals surface area contributed by atoms with Crippen molar-refractivity contribution in [3.8, 4) is 0 Å². The lowest BCUT2D eigenvalue weighted by Crippen LogP contribution is -2.29. The van der Waals surface area contributed by atoms with Crippen LogP contribution in [0.3, 0.4) is 0 Å². The average molecular weight is 297 g/mol. The lowest BCUT2D eigenvalue weighted by atomic mass is 9.88. The summed E-state index contributed by atoms with van der Waals surface area (Å²) in [5.74, 6) is -1.24. The van der Waals surface area contributed by atoms with Gasteiger partial charge in [0, 0.05) is 19.7 Å². The molecule has 0 saturated carbocycles. The number of nitrogens with one attached hydrogen (secondary N) is 1. The monoisotopic (exact) mass is 297 g/mol. The van der Waals surface area contributed by atoms with Crippen LogP contribution in [0.5, 0.6) is 0 Å². The van der Waals surface area contributed by atoms with Gasteiger partial charge in [-0.2, -0.15) is 0 Å². The zero-order chi connectivity index (χ0) is 15.9. The van der Waals surface area contributed by atoms with Gasteiger partial charge in [-0.05, 0) is 36.0 Å². The zero-order valence-electron chi connectivity index (χ0n) is 12.9. The van der Waals surface area contributed by atoms with Gasteiger partial charge in [-0.3, -0.25) is 0 Å². The molecule has 0 heterocycles. The van der Waals surface area contributed by atoms with Crippen LogP contribution < -0.4 is 5.32 Å². The summed E-state index contributed by atoms with van der Waals surface area (Å²) in [6, 6.07) is 4.50. The maximum absolute atomic E-state index is 13.8. The first-order valence-corrected chi connectivity index (χ1v) is 7.08. The second-order valence-electron chi connectivity index (χ2n) is 5.90. The fourth-order valence-electron chi connectivity index (χ4n) is 2.14. The van der Waals surface area contributed by atoms with Gasteiger partial charge in [0.25, 0.3) is 0 Å². The third-order valence-electron chi connectivity index (χ3n) is 3.38. The molecule has 0 aliphatic rings. The van der Waals surface area contributed by atoms with Gasteiger partial charge in [-0.15, -0.1) is 0 Å². The van der Waals surface area contributed by atoms with Gasteiger partial charge in [-0.25, -0.2) is 9.18 Å². The minimum Gasteiger partial charge on any atom is -0.465 e. The van der Waals surface area contributed by atoms with Crippen molar-refractivity contribution in [1.29, 1.82) is 0 Å². The highest BCUT2D eigenvalue weighted by Crippen LogP contribution is 2.21. The Labute approximate surface area is 125 Å². The largest absolute Gasteiger partial charge is 0.465 e. The van der Waals surface area contributed by atoms with Crippen LogP contribution in [0.15, 0.2) is 18.2 Å². The molecule has 118 valence electrons. The Bertz CT molecular complexity index is 475. The Hall–Kier alpha value is -1.46. The van der Waals surface area contributed by atoms with Crippen LogP contribution in [-0.4, -0.2) is 31.3 Å². The van der Waals surface area contributed by atoms with E-state index in [1.165, 1.54) is 19.2 Å². The molecule has 0 aliphatic carbocycles. The van der Waals surface area contributed by atoms with Crippen LogP contribution in [0.1, 0.15) is 42.6 Å². The second kappa shape index (κ2) is 8.10. The predicted molar refractivity (Wildman–Crippen MR) is 79.5 cm³/mol. The topological polar surface area (TPSA) is 58.6 Å². The fourth-order valence-corrected chi connectivity index (χ4v) is 2.14. The lowest BCUT2D eigenvalue weighted by Gasteiger charge is -2.24. The summed E-state index contributed by atoms with van der Waals surface area (Å²) >= 11 is 0. The quantitative estimate of drug-likeness (QED) is 0.724. The first-order valence-electron chi connectivity index (χ1n) is 7.08. The third kappa shape index (κ3) is 5.81. The molecule has 21 heavy (non-hydrogen) atoms. The Balaban J connectivity index is 2.53. The van der Waals surface area contributed by atoms with Crippen LogP contribution in [0.2, 0.25) is 0 Å². The van der Waals surface area contributed by atoms with Crippen molar-refractivity contribution < 1.29 is 19.0 Å². The van der Waals surface area contributed by atoms with Gasteiger partial charge in [0.1, 0.15) is 5.82 Å². The summed E-state index contributed by atoms with van der Waals surface area (Å²) < 4.78 is 18.3. The molecule has 0 saturated heterocycles. The van der Waals surface area contributed by atoms with Gasteiger partial charge >= 0.3 is 5.97 Å². The van der Waals surface area contributed by atoms with Crippen LogP contribution >= 0.6 is 0 Å². The predicted octanol–water partition coefficient (Wildman–Crippen LogP) is 2.50.